The van der Waals surface area contributed by atoms with Crippen LogP contribution in [0.15, 0.2) is 12.7 Å². The molecule has 34 heavy (non-hydrogen) atoms. The first-order valence-corrected chi connectivity index (χ1v) is 10.4. The van der Waals surface area contributed by atoms with Crippen molar-refractivity contribution in [2.45, 2.75) is 55.6 Å². The molecule has 3 heterocycles. The van der Waals surface area contributed by atoms with E-state index < -0.39 is 55.2 Å². The lowest BCUT2D eigenvalue weighted by Crippen LogP contribution is -2.45. The molecule has 0 saturated carbocycles. The third-order valence-electron chi connectivity index (χ3n) is 5.69. The summed E-state index contributed by atoms with van der Waals surface area (Å²) < 4.78 is 45.7. The van der Waals surface area contributed by atoms with Crippen LogP contribution in [0.1, 0.15) is 19.1 Å². The second kappa shape index (κ2) is 10.3. The summed E-state index contributed by atoms with van der Waals surface area (Å²) in [5, 5.41) is 30.1. The number of aromatic nitrogens is 4. The van der Waals surface area contributed by atoms with Crippen LogP contribution in [-0.4, -0.2) is 102 Å². The van der Waals surface area contributed by atoms with Gasteiger partial charge in [-0.1, -0.05) is 0 Å². The molecule has 0 spiro atoms. The molecule has 1 aliphatic heterocycles. The number of aliphatic carboxylic acids is 1. The molecule has 13 nitrogen and oxygen atoms in total. The van der Waals surface area contributed by atoms with E-state index in [-0.39, 0.29) is 43.0 Å². The molecule has 0 radical (unpaired) electrons. The smallest absolute Gasteiger partial charge is 0.403 e. The van der Waals surface area contributed by atoms with E-state index in [0.29, 0.717) is 0 Å². The summed E-state index contributed by atoms with van der Waals surface area (Å²) in [5.41, 5.74) is 17.0. The Labute approximate surface area is 191 Å². The summed E-state index contributed by atoms with van der Waals surface area (Å²) in [6.07, 6.45) is -7.59. The molecular formula is C18H27F3N8O5. The highest BCUT2D eigenvalue weighted by Gasteiger charge is 2.45. The molecule has 1 saturated heterocycles. The van der Waals surface area contributed by atoms with Gasteiger partial charge in [-0.2, -0.15) is 13.2 Å². The van der Waals surface area contributed by atoms with Crippen LogP contribution in [0.4, 0.5) is 19.0 Å². The molecule has 6 atom stereocenters. The van der Waals surface area contributed by atoms with Crippen molar-refractivity contribution in [2.75, 3.05) is 25.4 Å². The van der Waals surface area contributed by atoms with Crippen LogP contribution in [0.25, 0.3) is 11.2 Å². The summed E-state index contributed by atoms with van der Waals surface area (Å²) >= 11 is 0. The number of nitrogen functional groups attached to an aromatic ring is 1. The maximum absolute atomic E-state index is 12.8. The van der Waals surface area contributed by atoms with Crippen LogP contribution >= 0.6 is 0 Å². The molecule has 9 N–H and O–H groups in total. The van der Waals surface area contributed by atoms with E-state index in [9.17, 15) is 28.2 Å². The molecular weight excluding hydrogens is 465 g/mol. The zero-order valence-corrected chi connectivity index (χ0v) is 17.9. The standard InChI is InChI=1S/C18H27F3N8O5/c19-18(20,21)10(23)2-4-28(3-1-8(22)17(32)33)5-9-12(30)13(31)16(34-9)29-7-27-11-14(24)25-6-26-15(11)29/h6-10,12-13,16,30-31H,1-5,22-23H2,(H,32,33)(H2,24,25,26)/t8?,9-,10?,12-,13-,16-/m1/s1. The number of anilines is 1. The molecule has 2 aromatic rings. The molecule has 2 aromatic heterocycles. The maximum Gasteiger partial charge on any atom is 0.403 e. The fourth-order valence-electron chi connectivity index (χ4n) is 3.65. The Hall–Kier alpha value is -2.63. The Kier molecular flexibility index (Phi) is 7.89. The monoisotopic (exact) mass is 492 g/mol. The van der Waals surface area contributed by atoms with Crippen molar-refractivity contribution in [3.05, 3.63) is 12.7 Å². The average Bonchev–Trinajstić information content (AvgIpc) is 3.31. The van der Waals surface area contributed by atoms with Gasteiger partial charge in [0.15, 0.2) is 17.7 Å². The SMILES string of the molecule is Nc1ncnc2c1ncn2[C@@H]1O[C@H](CN(CCC(N)C(=O)O)CCC(N)C(F)(F)F)[C@@H](O)[C@H]1O. The summed E-state index contributed by atoms with van der Waals surface area (Å²) in [6, 6.07) is -3.31. The number of carbonyl (C=O) groups is 1. The van der Waals surface area contributed by atoms with Gasteiger partial charge in [-0.05, 0) is 12.8 Å². The third kappa shape index (κ3) is 5.70. The number of carboxylic acids is 1. The summed E-state index contributed by atoms with van der Waals surface area (Å²) in [5.74, 6) is -1.15. The second-order valence-electron chi connectivity index (χ2n) is 8.10. The van der Waals surface area contributed by atoms with Crippen molar-refractivity contribution in [3.8, 4) is 0 Å². The van der Waals surface area contributed by atoms with Crippen LogP contribution in [0.5, 0.6) is 0 Å². The molecule has 0 amide bonds. The number of nitrogens with two attached hydrogens (primary N) is 3. The van der Waals surface area contributed by atoms with Gasteiger partial charge in [-0.3, -0.25) is 9.36 Å². The number of hydrogen-bond acceptors (Lipinski definition) is 11. The number of fused-ring (bicyclic) bond motifs is 1. The molecule has 1 fully saturated rings. The number of aliphatic hydroxyl groups is 2. The topological polar surface area (TPSA) is 212 Å². The number of hydrogen-bond donors (Lipinski definition) is 6. The van der Waals surface area contributed by atoms with Crippen LogP contribution < -0.4 is 17.2 Å². The van der Waals surface area contributed by atoms with E-state index in [1.807, 2.05) is 0 Å². The Bertz CT molecular complexity index is 992. The Morgan fingerprint density at radius 1 is 1.18 bits per heavy atom. The summed E-state index contributed by atoms with van der Waals surface area (Å²) in [7, 11) is 0. The van der Waals surface area contributed by atoms with E-state index in [1.165, 1.54) is 22.1 Å². The normalized spacial score (nSPS) is 25.2. The number of nitrogens with zero attached hydrogens (tertiary/aromatic N) is 5. The lowest BCUT2D eigenvalue weighted by Gasteiger charge is -2.28. The van der Waals surface area contributed by atoms with Gasteiger partial charge in [0.1, 0.15) is 42.2 Å². The first-order valence-electron chi connectivity index (χ1n) is 10.4. The van der Waals surface area contributed by atoms with Crippen molar-refractivity contribution in [1.82, 2.24) is 24.4 Å². The number of halogens is 3. The number of alkyl halides is 3. The zero-order valence-electron chi connectivity index (χ0n) is 17.9. The van der Waals surface area contributed by atoms with Crippen LogP contribution in [-0.2, 0) is 9.53 Å². The minimum Gasteiger partial charge on any atom is -0.480 e. The van der Waals surface area contributed by atoms with E-state index in [0.717, 1.165) is 0 Å². The van der Waals surface area contributed by atoms with Gasteiger partial charge in [-0.25, -0.2) is 15.0 Å². The van der Waals surface area contributed by atoms with Gasteiger partial charge in [0.05, 0.1) is 6.33 Å². The highest BCUT2D eigenvalue weighted by Crippen LogP contribution is 2.32. The number of ether oxygens (including phenoxy) is 1. The van der Waals surface area contributed by atoms with Crippen molar-refractivity contribution >= 4 is 23.0 Å². The molecule has 3 rings (SSSR count). The summed E-state index contributed by atoms with van der Waals surface area (Å²) in [4.78, 5) is 24.5. The molecule has 0 bridgehead atoms. The quantitative estimate of drug-likeness (QED) is 0.222. The van der Waals surface area contributed by atoms with Gasteiger partial charge in [-0.15, -0.1) is 0 Å². The molecule has 190 valence electrons. The highest BCUT2D eigenvalue weighted by molar-refractivity contribution is 5.81. The largest absolute Gasteiger partial charge is 0.480 e. The number of carboxylic acid groups (broad SMARTS) is 1. The molecule has 1 aliphatic rings. The van der Waals surface area contributed by atoms with Crippen molar-refractivity contribution in [1.29, 1.82) is 0 Å². The fraction of sp³-hybridized carbons (Fsp3) is 0.667. The lowest BCUT2D eigenvalue weighted by atomic mass is 10.1. The van der Waals surface area contributed by atoms with Crippen LogP contribution in [0, 0.1) is 0 Å². The lowest BCUT2D eigenvalue weighted by molar-refractivity contribution is -0.149. The molecule has 2 unspecified atom stereocenters. The van der Waals surface area contributed by atoms with Crippen molar-refractivity contribution in [2.24, 2.45) is 11.5 Å². The number of rotatable bonds is 10. The summed E-state index contributed by atoms with van der Waals surface area (Å²) in [6.45, 7) is -0.281. The number of imidazole rings is 1. The molecule has 16 heteroatoms. The molecule has 0 aliphatic carbocycles. The van der Waals surface area contributed by atoms with E-state index in [4.69, 9.17) is 27.0 Å². The Morgan fingerprint density at radius 2 is 1.85 bits per heavy atom. The first-order chi connectivity index (χ1) is 15.9. The number of aliphatic hydroxyl groups excluding tert-OH is 2. The van der Waals surface area contributed by atoms with Gasteiger partial charge in [0, 0.05) is 19.6 Å². The van der Waals surface area contributed by atoms with E-state index in [1.54, 1.807) is 0 Å². The average molecular weight is 492 g/mol. The first kappa shape index (κ1) is 26.0. The highest BCUT2D eigenvalue weighted by atomic mass is 19.4. The van der Waals surface area contributed by atoms with Gasteiger partial charge < -0.3 is 42.2 Å². The zero-order chi connectivity index (χ0) is 25.2. The molecule has 0 aromatic carbocycles. The van der Waals surface area contributed by atoms with E-state index >= 15 is 0 Å². The van der Waals surface area contributed by atoms with Gasteiger partial charge in [0.2, 0.25) is 0 Å². The van der Waals surface area contributed by atoms with Crippen LogP contribution in [0.2, 0.25) is 0 Å². The van der Waals surface area contributed by atoms with Gasteiger partial charge in [0.25, 0.3) is 0 Å². The van der Waals surface area contributed by atoms with Crippen LogP contribution in [0.3, 0.4) is 0 Å². The fourth-order valence-corrected chi connectivity index (χ4v) is 3.65. The Balaban J connectivity index is 1.73. The predicted octanol–water partition coefficient (Wildman–Crippen LogP) is -1.59. The third-order valence-corrected chi connectivity index (χ3v) is 5.69. The minimum atomic E-state index is -4.60. The van der Waals surface area contributed by atoms with Gasteiger partial charge >= 0.3 is 12.1 Å². The maximum atomic E-state index is 12.8. The predicted molar refractivity (Wildman–Crippen MR) is 111 cm³/mol. The van der Waals surface area contributed by atoms with Crippen molar-refractivity contribution < 1.29 is 38.0 Å². The van der Waals surface area contributed by atoms with E-state index in [2.05, 4.69) is 15.0 Å². The van der Waals surface area contributed by atoms with Crippen molar-refractivity contribution in [3.63, 3.8) is 0 Å². The second-order valence-corrected chi connectivity index (χ2v) is 8.10. The minimum absolute atomic E-state index is 0.00313. The Morgan fingerprint density at radius 3 is 2.50 bits per heavy atom.